The van der Waals surface area contributed by atoms with Gasteiger partial charge in [-0.15, -0.1) is 0 Å². The van der Waals surface area contributed by atoms with E-state index in [1.54, 1.807) is 0 Å². The molecule has 1 aliphatic rings. The van der Waals surface area contributed by atoms with E-state index in [1.165, 1.54) is 11.3 Å². The van der Waals surface area contributed by atoms with Gasteiger partial charge in [-0.1, -0.05) is 13.8 Å². The summed E-state index contributed by atoms with van der Waals surface area (Å²) in [6.45, 7) is 13.5. The van der Waals surface area contributed by atoms with E-state index in [1.807, 2.05) is 6.92 Å². The average Bonchev–Trinajstić information content (AvgIpc) is 2.36. The van der Waals surface area contributed by atoms with Crippen molar-refractivity contribution in [2.45, 2.75) is 71.9 Å². The van der Waals surface area contributed by atoms with Crippen LogP contribution in [-0.2, 0) is 0 Å². The summed E-state index contributed by atoms with van der Waals surface area (Å²) in [5.74, 6) is 0.500. The third-order valence-electron chi connectivity index (χ3n) is 4.82. The lowest BCUT2D eigenvalue weighted by molar-refractivity contribution is 0.112. The maximum Gasteiger partial charge on any atom is 0.150 e. The molecule has 2 heteroatoms. The van der Waals surface area contributed by atoms with Crippen molar-refractivity contribution in [2.75, 3.05) is 4.90 Å². The second-order valence-electron chi connectivity index (χ2n) is 6.93. The highest BCUT2D eigenvalue weighted by molar-refractivity contribution is 5.80. The molecule has 2 atom stereocenters. The van der Waals surface area contributed by atoms with Gasteiger partial charge in [-0.25, -0.2) is 0 Å². The number of hydrogen-bond acceptors (Lipinski definition) is 2. The molecule has 0 amide bonds. The second-order valence-corrected chi connectivity index (χ2v) is 6.93. The molecule has 0 saturated heterocycles. The highest BCUT2D eigenvalue weighted by atomic mass is 16.1. The Kier molecular flexibility index (Phi) is 3.95. The van der Waals surface area contributed by atoms with Crippen LogP contribution in [0, 0.1) is 6.92 Å². The molecular formula is C18H27NO. The van der Waals surface area contributed by atoms with Gasteiger partial charge in [0.1, 0.15) is 6.29 Å². The van der Waals surface area contributed by atoms with Gasteiger partial charge in [-0.2, -0.15) is 0 Å². The molecule has 0 spiro atoms. The molecule has 0 radical (unpaired) electrons. The zero-order valence-corrected chi connectivity index (χ0v) is 13.7. The summed E-state index contributed by atoms with van der Waals surface area (Å²) in [6, 6.07) is 4.83. The first kappa shape index (κ1) is 15.1. The Morgan fingerprint density at radius 2 is 2.10 bits per heavy atom. The molecule has 2 rings (SSSR count). The molecule has 0 N–H and O–H groups in total. The zero-order valence-electron chi connectivity index (χ0n) is 13.7. The predicted molar refractivity (Wildman–Crippen MR) is 85.9 cm³/mol. The molecule has 0 aromatic heterocycles. The first-order valence-electron chi connectivity index (χ1n) is 7.71. The van der Waals surface area contributed by atoms with Gasteiger partial charge in [0.15, 0.2) is 0 Å². The van der Waals surface area contributed by atoms with Gasteiger partial charge in [0.25, 0.3) is 0 Å². The van der Waals surface area contributed by atoms with E-state index in [-0.39, 0.29) is 5.54 Å². The number of nitrogens with zero attached hydrogens (tertiary/aromatic N) is 1. The first-order valence-corrected chi connectivity index (χ1v) is 7.71. The molecule has 20 heavy (non-hydrogen) atoms. The van der Waals surface area contributed by atoms with Crippen LogP contribution in [0.25, 0.3) is 0 Å². The Bertz CT molecular complexity index is 518. The summed E-state index contributed by atoms with van der Waals surface area (Å²) in [5.41, 5.74) is 4.73. The molecular weight excluding hydrogens is 246 g/mol. The number of aryl methyl sites for hydroxylation is 1. The smallest absolute Gasteiger partial charge is 0.150 e. The molecule has 2 unspecified atom stereocenters. The number of fused-ring (bicyclic) bond motifs is 1. The third-order valence-corrected chi connectivity index (χ3v) is 4.82. The number of aldehydes is 1. The van der Waals surface area contributed by atoms with Crippen molar-refractivity contribution >= 4 is 12.0 Å². The van der Waals surface area contributed by atoms with Gasteiger partial charge in [0.05, 0.1) is 0 Å². The zero-order chi connectivity index (χ0) is 15.1. The van der Waals surface area contributed by atoms with Crippen LogP contribution in [0.4, 0.5) is 5.69 Å². The van der Waals surface area contributed by atoms with Crippen LogP contribution in [0.1, 0.15) is 74.9 Å². The van der Waals surface area contributed by atoms with Crippen molar-refractivity contribution in [3.63, 3.8) is 0 Å². The highest BCUT2D eigenvalue weighted by Gasteiger charge is 2.38. The SMILES string of the molecule is CCC(C)N1c2cc(C)c(C=O)cc2C(C)CC1(C)C. The standard InChI is InChI=1S/C18H27NO/c1-7-14(4)19-17-8-12(2)15(11-20)9-16(17)13(3)10-18(19,5)6/h8-9,11,13-14H,7,10H2,1-6H3. The van der Waals surface area contributed by atoms with Gasteiger partial charge in [0.2, 0.25) is 0 Å². The average molecular weight is 273 g/mol. The number of anilines is 1. The molecule has 110 valence electrons. The first-order chi connectivity index (χ1) is 9.31. The van der Waals surface area contributed by atoms with Crippen LogP contribution in [0.3, 0.4) is 0 Å². The van der Waals surface area contributed by atoms with Gasteiger partial charge >= 0.3 is 0 Å². The molecule has 1 heterocycles. The molecule has 2 nitrogen and oxygen atoms in total. The topological polar surface area (TPSA) is 20.3 Å². The van der Waals surface area contributed by atoms with E-state index in [0.717, 1.165) is 30.3 Å². The lowest BCUT2D eigenvalue weighted by Crippen LogP contribution is -2.52. The summed E-state index contributed by atoms with van der Waals surface area (Å²) in [4.78, 5) is 13.8. The van der Waals surface area contributed by atoms with E-state index in [4.69, 9.17) is 0 Å². The minimum Gasteiger partial charge on any atom is -0.363 e. The van der Waals surface area contributed by atoms with Gasteiger partial charge in [-0.05, 0) is 69.7 Å². The molecule has 1 aromatic rings. The molecule has 1 aliphatic heterocycles. The fourth-order valence-corrected chi connectivity index (χ4v) is 3.76. The largest absolute Gasteiger partial charge is 0.363 e. The molecule has 0 fully saturated rings. The fourth-order valence-electron chi connectivity index (χ4n) is 3.76. The van der Waals surface area contributed by atoms with E-state index in [0.29, 0.717) is 12.0 Å². The van der Waals surface area contributed by atoms with Crippen molar-refractivity contribution < 1.29 is 4.79 Å². The van der Waals surface area contributed by atoms with Gasteiger partial charge in [-0.3, -0.25) is 4.79 Å². The quantitative estimate of drug-likeness (QED) is 0.744. The van der Waals surface area contributed by atoms with Crippen LogP contribution in [-0.4, -0.2) is 17.9 Å². The van der Waals surface area contributed by atoms with Crippen molar-refractivity contribution in [3.8, 4) is 0 Å². The fraction of sp³-hybridized carbons (Fsp3) is 0.611. The minimum absolute atomic E-state index is 0.164. The van der Waals surface area contributed by atoms with Gasteiger partial charge in [0, 0.05) is 22.8 Å². The lowest BCUT2D eigenvalue weighted by atomic mass is 9.78. The lowest BCUT2D eigenvalue weighted by Gasteiger charge is -2.50. The summed E-state index contributed by atoms with van der Waals surface area (Å²) in [6.07, 6.45) is 3.24. The molecule has 0 saturated carbocycles. The second kappa shape index (κ2) is 5.23. The van der Waals surface area contributed by atoms with E-state index < -0.39 is 0 Å². The number of carbonyl (C=O) groups is 1. The molecule has 1 aromatic carbocycles. The highest BCUT2D eigenvalue weighted by Crippen LogP contribution is 2.45. The molecule has 0 aliphatic carbocycles. The summed E-state index contributed by atoms with van der Waals surface area (Å²) >= 11 is 0. The van der Waals surface area contributed by atoms with Crippen molar-refractivity contribution in [3.05, 3.63) is 28.8 Å². The Morgan fingerprint density at radius 1 is 1.45 bits per heavy atom. The number of hydrogen-bond donors (Lipinski definition) is 0. The van der Waals surface area contributed by atoms with E-state index >= 15 is 0 Å². The number of rotatable bonds is 3. The summed E-state index contributed by atoms with van der Waals surface area (Å²) < 4.78 is 0. The normalized spacial score (nSPS) is 22.3. The van der Waals surface area contributed by atoms with E-state index in [2.05, 4.69) is 51.7 Å². The van der Waals surface area contributed by atoms with Crippen LogP contribution in [0.15, 0.2) is 12.1 Å². The van der Waals surface area contributed by atoms with Crippen molar-refractivity contribution in [1.29, 1.82) is 0 Å². The van der Waals surface area contributed by atoms with Crippen LogP contribution in [0.2, 0.25) is 0 Å². The van der Waals surface area contributed by atoms with Gasteiger partial charge < -0.3 is 4.90 Å². The number of carbonyl (C=O) groups excluding carboxylic acids is 1. The third kappa shape index (κ3) is 2.36. The Labute approximate surface area is 123 Å². The van der Waals surface area contributed by atoms with Crippen molar-refractivity contribution in [2.24, 2.45) is 0 Å². The minimum atomic E-state index is 0.164. The van der Waals surface area contributed by atoms with Crippen LogP contribution < -0.4 is 4.90 Å². The summed E-state index contributed by atoms with van der Waals surface area (Å²) in [7, 11) is 0. The van der Waals surface area contributed by atoms with Crippen molar-refractivity contribution in [1.82, 2.24) is 0 Å². The predicted octanol–water partition coefficient (Wildman–Crippen LogP) is 4.70. The maximum absolute atomic E-state index is 11.2. The maximum atomic E-state index is 11.2. The monoisotopic (exact) mass is 273 g/mol. The Morgan fingerprint density at radius 3 is 2.65 bits per heavy atom. The summed E-state index contributed by atoms with van der Waals surface area (Å²) in [5, 5.41) is 0. The molecule has 0 bridgehead atoms. The van der Waals surface area contributed by atoms with Crippen LogP contribution >= 0.6 is 0 Å². The number of benzene rings is 1. The van der Waals surface area contributed by atoms with E-state index in [9.17, 15) is 4.79 Å². The Balaban J connectivity index is 2.64. The Hall–Kier alpha value is -1.31. The van der Waals surface area contributed by atoms with Crippen LogP contribution in [0.5, 0.6) is 0 Å².